The molecule has 7 nitrogen and oxygen atoms in total. The van der Waals surface area contributed by atoms with E-state index in [1.165, 1.54) is 36.5 Å². The molecule has 32 heavy (non-hydrogen) atoms. The number of nitrogens with zero attached hydrogens (tertiary/aromatic N) is 4. The smallest absolute Gasteiger partial charge is 0.265 e. The van der Waals surface area contributed by atoms with Crippen LogP contribution in [0, 0.1) is 6.92 Å². The Morgan fingerprint density at radius 1 is 0.938 bits per heavy atom. The van der Waals surface area contributed by atoms with E-state index in [-0.39, 0.29) is 16.3 Å². The highest BCUT2D eigenvalue weighted by Crippen LogP contribution is 2.30. The topological polar surface area (TPSA) is 89.8 Å². The molecule has 0 saturated carbocycles. The summed E-state index contributed by atoms with van der Waals surface area (Å²) in [7, 11) is -4.10. The van der Waals surface area contributed by atoms with Crippen LogP contribution in [0.2, 0.25) is 0 Å². The van der Waals surface area contributed by atoms with Crippen molar-refractivity contribution in [2.45, 2.75) is 18.0 Å². The zero-order chi connectivity index (χ0) is 23.2. The molecule has 3 heterocycles. The first-order valence-electron chi connectivity index (χ1n) is 9.19. The van der Waals surface area contributed by atoms with Gasteiger partial charge in [0.15, 0.2) is 11.5 Å². The summed E-state index contributed by atoms with van der Waals surface area (Å²) in [5, 5.41) is 0. The summed E-state index contributed by atoms with van der Waals surface area (Å²) in [4.78, 5) is 13.3. The minimum absolute atomic E-state index is 0.0877. The van der Waals surface area contributed by atoms with Crippen LogP contribution in [-0.2, 0) is 16.2 Å². The van der Waals surface area contributed by atoms with Gasteiger partial charge in [0.1, 0.15) is 0 Å². The first-order valence-corrected chi connectivity index (χ1v) is 10.7. The second-order valence-corrected chi connectivity index (χ2v) is 8.10. The number of imidazole rings is 1. The molecule has 0 aliphatic carbocycles. The first-order chi connectivity index (χ1) is 15.2. The van der Waals surface area contributed by atoms with Gasteiger partial charge in [-0.15, -0.1) is 0 Å². The van der Waals surface area contributed by atoms with E-state index >= 15 is 0 Å². The molecule has 0 unspecified atom stereocenters. The quantitative estimate of drug-likeness (QED) is 0.490. The predicted octanol–water partition coefficient (Wildman–Crippen LogP) is 4.29. The van der Waals surface area contributed by atoms with Crippen LogP contribution in [0.4, 0.5) is 13.2 Å². The highest BCUT2D eigenvalue weighted by atomic mass is 32.2. The van der Waals surface area contributed by atoms with Gasteiger partial charge < -0.3 is 0 Å². The van der Waals surface area contributed by atoms with Crippen molar-refractivity contribution in [2.75, 3.05) is 4.83 Å². The lowest BCUT2D eigenvalue weighted by Gasteiger charge is -2.11. The van der Waals surface area contributed by atoms with Crippen LogP contribution in [0.15, 0.2) is 90.3 Å². The van der Waals surface area contributed by atoms with Crippen molar-refractivity contribution < 1.29 is 21.6 Å². The van der Waals surface area contributed by atoms with Gasteiger partial charge in [-0.05, 0) is 43.3 Å². The largest absolute Gasteiger partial charge is 0.434 e. The third-order valence-corrected chi connectivity index (χ3v) is 5.33. The Balaban J connectivity index is 0.000000416. The van der Waals surface area contributed by atoms with Gasteiger partial charge in [0.05, 0.1) is 11.1 Å². The molecule has 0 fully saturated rings. The van der Waals surface area contributed by atoms with Crippen molar-refractivity contribution in [1.29, 1.82) is 0 Å². The third kappa shape index (κ3) is 5.91. The summed E-state index contributed by atoms with van der Waals surface area (Å²) in [5.41, 5.74) is -0.321. The number of aryl methyl sites for hydroxylation is 1. The van der Waals surface area contributed by atoms with Gasteiger partial charge in [-0.1, -0.05) is 24.3 Å². The van der Waals surface area contributed by atoms with Crippen molar-refractivity contribution >= 4 is 10.0 Å². The summed E-state index contributed by atoms with van der Waals surface area (Å²) in [6.07, 6.45) is 0.692. The van der Waals surface area contributed by atoms with Gasteiger partial charge in [0.25, 0.3) is 10.0 Å². The van der Waals surface area contributed by atoms with E-state index in [1.807, 2.05) is 18.2 Å². The number of pyridine rings is 2. The van der Waals surface area contributed by atoms with Crippen LogP contribution < -0.4 is 4.83 Å². The van der Waals surface area contributed by atoms with Crippen LogP contribution in [0.1, 0.15) is 11.4 Å². The lowest BCUT2D eigenvalue weighted by atomic mass is 10.2. The lowest BCUT2D eigenvalue weighted by molar-refractivity contribution is -0.140. The van der Waals surface area contributed by atoms with E-state index in [0.717, 1.165) is 4.68 Å². The minimum Gasteiger partial charge on any atom is -0.265 e. The van der Waals surface area contributed by atoms with Gasteiger partial charge in [0, 0.05) is 29.8 Å². The Kier molecular flexibility index (Phi) is 6.89. The number of hydrogen-bond acceptors (Lipinski definition) is 5. The summed E-state index contributed by atoms with van der Waals surface area (Å²) in [6, 6.07) is 16.1. The highest BCUT2D eigenvalue weighted by molar-refractivity contribution is 7.92. The van der Waals surface area contributed by atoms with Crippen molar-refractivity contribution in [3.63, 3.8) is 0 Å². The number of hydrogen-bond donors (Lipinski definition) is 1. The first kappa shape index (κ1) is 22.9. The third-order valence-electron chi connectivity index (χ3n) is 4.00. The Hall–Kier alpha value is -3.73. The molecular weight excluding hydrogens is 443 g/mol. The van der Waals surface area contributed by atoms with Crippen LogP contribution in [0.5, 0.6) is 0 Å². The average Bonchev–Trinajstić information content (AvgIpc) is 3.20. The van der Waals surface area contributed by atoms with Gasteiger partial charge in [-0.25, -0.2) is 14.5 Å². The van der Waals surface area contributed by atoms with Crippen LogP contribution in [0.25, 0.3) is 11.4 Å². The van der Waals surface area contributed by atoms with E-state index in [0.29, 0.717) is 11.9 Å². The van der Waals surface area contributed by atoms with Crippen LogP contribution in [-0.4, -0.2) is 28.0 Å². The Morgan fingerprint density at radius 2 is 1.59 bits per heavy atom. The molecule has 4 aromatic rings. The standard InChI is InChI=1S/C16H13F3N4O2S.C5H5N/c1-11-7-8-12(9-20-11)15-21-14(16(17,18)19)10-23(15)22-26(24,25)13-5-3-2-4-6-13;1-2-4-6-5-3-1/h2-10,22H,1H3;1-5H. The second-order valence-electron chi connectivity index (χ2n) is 6.44. The minimum atomic E-state index is -4.73. The summed E-state index contributed by atoms with van der Waals surface area (Å²) < 4.78 is 64.8. The predicted molar refractivity (Wildman–Crippen MR) is 112 cm³/mol. The molecule has 3 aromatic heterocycles. The van der Waals surface area contributed by atoms with Gasteiger partial charge in [-0.2, -0.15) is 21.6 Å². The molecule has 0 amide bonds. The van der Waals surface area contributed by atoms with Crippen molar-refractivity contribution in [1.82, 2.24) is 19.6 Å². The second kappa shape index (κ2) is 9.60. The zero-order valence-corrected chi connectivity index (χ0v) is 17.5. The number of halogens is 3. The Bertz CT molecular complexity index is 1220. The van der Waals surface area contributed by atoms with Crippen molar-refractivity contribution in [3.8, 4) is 11.4 Å². The SMILES string of the molecule is Cc1ccc(-c2nc(C(F)(F)F)cn2NS(=O)(=O)c2ccccc2)cn1.c1ccncc1. The van der Waals surface area contributed by atoms with E-state index in [2.05, 4.69) is 19.8 Å². The molecule has 166 valence electrons. The molecule has 0 aliphatic heterocycles. The number of sulfonamides is 1. The number of rotatable bonds is 4. The molecule has 0 aliphatic rings. The van der Waals surface area contributed by atoms with Gasteiger partial charge >= 0.3 is 6.18 Å². The van der Waals surface area contributed by atoms with Crippen LogP contribution in [0.3, 0.4) is 0 Å². The number of nitrogens with one attached hydrogen (secondary N) is 1. The molecule has 0 saturated heterocycles. The maximum atomic E-state index is 13.0. The maximum Gasteiger partial charge on any atom is 0.434 e. The molecule has 1 aromatic carbocycles. The number of aromatic nitrogens is 4. The summed E-state index contributed by atoms with van der Waals surface area (Å²) >= 11 is 0. The molecule has 11 heteroatoms. The van der Waals surface area contributed by atoms with Gasteiger partial charge in [0.2, 0.25) is 0 Å². The maximum absolute atomic E-state index is 13.0. The van der Waals surface area contributed by atoms with Crippen molar-refractivity contribution in [3.05, 3.63) is 96.8 Å². The van der Waals surface area contributed by atoms with E-state index in [9.17, 15) is 21.6 Å². The molecule has 0 radical (unpaired) electrons. The molecule has 0 bridgehead atoms. The van der Waals surface area contributed by atoms with E-state index in [4.69, 9.17) is 0 Å². The molecule has 1 N–H and O–H groups in total. The molecule has 0 atom stereocenters. The molecular formula is C21H18F3N5O2S. The highest BCUT2D eigenvalue weighted by Gasteiger charge is 2.35. The monoisotopic (exact) mass is 461 g/mol. The fourth-order valence-corrected chi connectivity index (χ4v) is 3.50. The summed E-state index contributed by atoms with van der Waals surface area (Å²) in [5.74, 6) is -0.218. The lowest BCUT2D eigenvalue weighted by Crippen LogP contribution is -2.23. The average molecular weight is 461 g/mol. The van der Waals surface area contributed by atoms with Crippen molar-refractivity contribution in [2.24, 2.45) is 0 Å². The number of benzene rings is 1. The normalized spacial score (nSPS) is 11.4. The van der Waals surface area contributed by atoms with E-state index < -0.39 is 21.9 Å². The summed E-state index contributed by atoms with van der Waals surface area (Å²) in [6.45, 7) is 1.72. The molecule has 4 rings (SSSR count). The zero-order valence-electron chi connectivity index (χ0n) is 16.7. The Morgan fingerprint density at radius 3 is 2.09 bits per heavy atom. The fraction of sp³-hybridized carbons (Fsp3) is 0.0952. The Labute approximate surface area is 182 Å². The molecule has 0 spiro atoms. The fourth-order valence-electron chi connectivity index (χ4n) is 2.48. The number of alkyl halides is 3. The van der Waals surface area contributed by atoms with E-state index in [1.54, 1.807) is 31.5 Å². The van der Waals surface area contributed by atoms with Crippen LogP contribution >= 0.6 is 0 Å². The van der Waals surface area contributed by atoms with Gasteiger partial charge in [-0.3, -0.25) is 9.97 Å².